The molecule has 1 aromatic heterocycles. The van der Waals surface area contributed by atoms with Crippen LogP contribution in [-0.2, 0) is 10.0 Å². The summed E-state index contributed by atoms with van der Waals surface area (Å²) in [7, 11) is -3.80. The maximum absolute atomic E-state index is 11.5. The molecule has 2 rings (SSSR count). The minimum absolute atomic E-state index is 0.0324. The topological polar surface area (TPSA) is 73.3 Å². The maximum Gasteiger partial charge on any atom is 0.239 e. The lowest BCUT2D eigenvalue weighted by molar-refractivity contribution is 0.577. The van der Waals surface area contributed by atoms with Gasteiger partial charge in [-0.15, -0.1) is 0 Å². The summed E-state index contributed by atoms with van der Waals surface area (Å²) in [6.45, 7) is 0. The molecule has 1 aromatic carbocycles. The Labute approximate surface area is 101 Å². The number of hydrogen-bond donors (Lipinski definition) is 1. The highest BCUT2D eigenvalue weighted by Crippen LogP contribution is 2.32. The van der Waals surface area contributed by atoms with Crippen molar-refractivity contribution in [1.82, 2.24) is 0 Å². The van der Waals surface area contributed by atoms with Gasteiger partial charge in [-0.1, -0.05) is 6.07 Å². The van der Waals surface area contributed by atoms with Gasteiger partial charge in [0.1, 0.15) is 10.7 Å². The van der Waals surface area contributed by atoms with Gasteiger partial charge < -0.3 is 4.42 Å². The zero-order chi connectivity index (χ0) is 11.8. The smallest absolute Gasteiger partial charge is 0.239 e. The largest absolute Gasteiger partial charge is 0.464 e. The van der Waals surface area contributed by atoms with Crippen LogP contribution < -0.4 is 5.14 Å². The molecule has 0 amide bonds. The molecule has 0 atom stereocenters. The number of sulfonamides is 1. The molecule has 2 N–H and O–H groups in total. The average molecular weight is 302 g/mol. The quantitative estimate of drug-likeness (QED) is 0.925. The van der Waals surface area contributed by atoms with Crippen LogP contribution in [-0.4, -0.2) is 8.42 Å². The first-order valence-electron chi connectivity index (χ1n) is 4.35. The van der Waals surface area contributed by atoms with Crippen molar-refractivity contribution < 1.29 is 12.8 Å². The molecule has 0 unspecified atom stereocenters. The molecule has 0 radical (unpaired) electrons. The van der Waals surface area contributed by atoms with Crippen molar-refractivity contribution in [2.45, 2.75) is 4.90 Å². The van der Waals surface area contributed by atoms with Gasteiger partial charge in [0, 0.05) is 10.0 Å². The van der Waals surface area contributed by atoms with Crippen molar-refractivity contribution in [3.05, 3.63) is 41.1 Å². The molecule has 0 aliphatic heterocycles. The summed E-state index contributed by atoms with van der Waals surface area (Å²) < 4.78 is 28.5. The Hall–Kier alpha value is -1.11. The van der Waals surface area contributed by atoms with E-state index in [0.717, 1.165) is 0 Å². The van der Waals surface area contributed by atoms with E-state index < -0.39 is 10.0 Å². The summed E-state index contributed by atoms with van der Waals surface area (Å²) in [5.41, 5.74) is 0.446. The fourth-order valence-corrected chi connectivity index (χ4v) is 3.28. The van der Waals surface area contributed by atoms with Crippen LogP contribution in [0.4, 0.5) is 0 Å². The van der Waals surface area contributed by atoms with Crippen LogP contribution in [0.5, 0.6) is 0 Å². The number of halogens is 1. The van der Waals surface area contributed by atoms with Crippen LogP contribution in [0.25, 0.3) is 11.3 Å². The normalized spacial score (nSPS) is 11.6. The van der Waals surface area contributed by atoms with Crippen molar-refractivity contribution in [3.8, 4) is 11.3 Å². The van der Waals surface area contributed by atoms with Crippen LogP contribution in [0.1, 0.15) is 0 Å². The molecule has 2 aromatic rings. The molecule has 6 heteroatoms. The third kappa shape index (κ3) is 2.04. The van der Waals surface area contributed by atoms with Crippen LogP contribution in [0.3, 0.4) is 0 Å². The molecule has 84 valence electrons. The van der Waals surface area contributed by atoms with Crippen LogP contribution >= 0.6 is 15.9 Å². The van der Waals surface area contributed by atoms with E-state index in [-0.39, 0.29) is 4.90 Å². The van der Waals surface area contributed by atoms with Crippen molar-refractivity contribution in [3.63, 3.8) is 0 Å². The van der Waals surface area contributed by atoms with Gasteiger partial charge in [0.05, 0.1) is 6.26 Å². The van der Waals surface area contributed by atoms with Gasteiger partial charge in [-0.3, -0.25) is 0 Å². The van der Waals surface area contributed by atoms with Gasteiger partial charge in [-0.25, -0.2) is 13.6 Å². The molecule has 0 saturated carbocycles. The van der Waals surface area contributed by atoms with Crippen LogP contribution in [0.2, 0.25) is 0 Å². The Balaban J connectivity index is 2.77. The van der Waals surface area contributed by atoms with Crippen molar-refractivity contribution in [2.75, 3.05) is 0 Å². The fraction of sp³-hybridized carbons (Fsp3) is 0. The molecular formula is C10H8BrNO3S. The standard InChI is InChI=1S/C10H8BrNO3S/c11-8-4-1-3-7(9-5-2-6-15-9)10(8)16(12,13)14/h1-6H,(H2,12,13,14). The van der Waals surface area contributed by atoms with E-state index in [0.29, 0.717) is 15.8 Å². The van der Waals surface area contributed by atoms with Gasteiger partial charge in [0.2, 0.25) is 10.0 Å². The Morgan fingerprint density at radius 3 is 2.50 bits per heavy atom. The maximum atomic E-state index is 11.5. The van der Waals surface area contributed by atoms with E-state index in [1.54, 1.807) is 30.3 Å². The molecule has 0 spiro atoms. The Morgan fingerprint density at radius 1 is 1.19 bits per heavy atom. The van der Waals surface area contributed by atoms with Crippen molar-refractivity contribution in [1.29, 1.82) is 0 Å². The lowest BCUT2D eigenvalue weighted by Gasteiger charge is -2.07. The van der Waals surface area contributed by atoms with E-state index in [2.05, 4.69) is 15.9 Å². The van der Waals surface area contributed by atoms with Gasteiger partial charge in [-0.2, -0.15) is 0 Å². The van der Waals surface area contributed by atoms with Gasteiger partial charge in [-0.05, 0) is 40.2 Å². The Kier molecular flexibility index (Phi) is 2.88. The number of nitrogens with two attached hydrogens (primary N) is 1. The molecule has 0 aliphatic rings. The fourth-order valence-electron chi connectivity index (χ4n) is 1.42. The highest BCUT2D eigenvalue weighted by atomic mass is 79.9. The van der Waals surface area contributed by atoms with E-state index in [1.807, 2.05) is 0 Å². The lowest BCUT2D eigenvalue weighted by atomic mass is 10.2. The summed E-state index contributed by atoms with van der Waals surface area (Å²) in [6, 6.07) is 8.34. The third-order valence-electron chi connectivity index (χ3n) is 2.04. The first-order chi connectivity index (χ1) is 7.50. The first kappa shape index (κ1) is 11.4. The Morgan fingerprint density at radius 2 is 1.94 bits per heavy atom. The molecule has 0 bridgehead atoms. The molecule has 1 heterocycles. The molecule has 0 fully saturated rings. The molecule has 16 heavy (non-hydrogen) atoms. The summed E-state index contributed by atoms with van der Waals surface area (Å²) in [4.78, 5) is 0.0324. The molecule has 4 nitrogen and oxygen atoms in total. The second-order valence-electron chi connectivity index (χ2n) is 3.14. The summed E-state index contributed by atoms with van der Waals surface area (Å²) in [6.07, 6.45) is 1.48. The van der Waals surface area contributed by atoms with Crippen LogP contribution in [0.15, 0.2) is 50.4 Å². The second kappa shape index (κ2) is 4.04. The summed E-state index contributed by atoms with van der Waals surface area (Å²) >= 11 is 3.17. The number of primary sulfonamides is 1. The number of rotatable bonds is 2. The van der Waals surface area contributed by atoms with Crippen molar-refractivity contribution >= 4 is 26.0 Å². The second-order valence-corrected chi connectivity index (χ2v) is 5.49. The third-order valence-corrected chi connectivity index (χ3v) is 3.97. The predicted octanol–water partition coefficient (Wildman–Crippen LogP) is 2.36. The monoisotopic (exact) mass is 301 g/mol. The van der Waals surface area contributed by atoms with E-state index in [1.165, 1.54) is 6.26 Å². The molecule has 0 saturated heterocycles. The minimum atomic E-state index is -3.80. The Bertz CT molecular complexity index is 605. The SMILES string of the molecule is NS(=O)(=O)c1c(Br)cccc1-c1ccco1. The average Bonchev–Trinajstić information content (AvgIpc) is 2.67. The molecule has 0 aliphatic carbocycles. The van der Waals surface area contributed by atoms with Gasteiger partial charge in [0.25, 0.3) is 0 Å². The van der Waals surface area contributed by atoms with Gasteiger partial charge in [0.15, 0.2) is 0 Å². The summed E-state index contributed by atoms with van der Waals surface area (Å²) in [5.74, 6) is 0.463. The van der Waals surface area contributed by atoms with E-state index in [4.69, 9.17) is 9.56 Å². The highest BCUT2D eigenvalue weighted by molar-refractivity contribution is 9.10. The minimum Gasteiger partial charge on any atom is -0.464 e. The lowest BCUT2D eigenvalue weighted by Crippen LogP contribution is -2.14. The number of furan rings is 1. The van der Waals surface area contributed by atoms with Crippen molar-refractivity contribution in [2.24, 2.45) is 5.14 Å². The molecular weight excluding hydrogens is 294 g/mol. The first-order valence-corrected chi connectivity index (χ1v) is 6.69. The van der Waals surface area contributed by atoms with E-state index >= 15 is 0 Å². The summed E-state index contributed by atoms with van der Waals surface area (Å²) in [5, 5.41) is 5.17. The highest BCUT2D eigenvalue weighted by Gasteiger charge is 2.19. The number of benzene rings is 1. The predicted molar refractivity (Wildman–Crippen MR) is 63.2 cm³/mol. The van der Waals surface area contributed by atoms with Gasteiger partial charge >= 0.3 is 0 Å². The van der Waals surface area contributed by atoms with Crippen LogP contribution in [0, 0.1) is 0 Å². The van der Waals surface area contributed by atoms with E-state index in [9.17, 15) is 8.42 Å². The zero-order valence-electron chi connectivity index (χ0n) is 8.05. The zero-order valence-corrected chi connectivity index (χ0v) is 10.5. The number of hydrogen-bond acceptors (Lipinski definition) is 3.